The monoisotopic (exact) mass is 202 g/mol. The third-order valence-corrected chi connectivity index (χ3v) is 1.75. The van der Waals surface area contributed by atoms with Gasteiger partial charge < -0.3 is 15.4 Å². The van der Waals surface area contributed by atoms with Crippen LogP contribution in [0.4, 0.5) is 0 Å². The highest BCUT2D eigenvalue weighted by Crippen LogP contribution is 1.86. The van der Waals surface area contributed by atoms with Crippen molar-refractivity contribution in [2.24, 2.45) is 0 Å². The maximum atomic E-state index is 11.1. The quantitative estimate of drug-likeness (QED) is 0.536. The Morgan fingerprint density at radius 3 is 2.71 bits per heavy atom. The van der Waals surface area contributed by atoms with Crippen molar-refractivity contribution in [1.29, 1.82) is 0 Å². The lowest BCUT2D eigenvalue weighted by molar-refractivity contribution is -0.120. The fourth-order valence-electron chi connectivity index (χ4n) is 0.912. The number of carbonyl (C=O) groups is 1. The maximum absolute atomic E-state index is 11.1. The highest BCUT2D eigenvalue weighted by molar-refractivity contribution is 5.77. The second-order valence-electron chi connectivity index (χ2n) is 3.10. The zero-order valence-electron chi connectivity index (χ0n) is 9.27. The molecule has 0 atom stereocenters. The SMILES string of the molecule is CCCCOCCNC(=O)CNCC. The molecule has 4 heteroatoms. The van der Waals surface area contributed by atoms with Crippen molar-refractivity contribution in [3.8, 4) is 0 Å². The number of nitrogens with one attached hydrogen (secondary N) is 2. The molecule has 4 nitrogen and oxygen atoms in total. The van der Waals surface area contributed by atoms with Gasteiger partial charge in [0, 0.05) is 13.2 Å². The molecule has 0 aliphatic heterocycles. The summed E-state index contributed by atoms with van der Waals surface area (Å²) < 4.78 is 5.29. The molecule has 0 aromatic heterocycles. The van der Waals surface area contributed by atoms with Gasteiger partial charge in [0.05, 0.1) is 13.2 Å². The number of likely N-dealkylation sites (N-methyl/N-ethyl adjacent to an activating group) is 1. The van der Waals surface area contributed by atoms with Crippen molar-refractivity contribution in [2.75, 3.05) is 32.8 Å². The Morgan fingerprint density at radius 1 is 1.29 bits per heavy atom. The van der Waals surface area contributed by atoms with Gasteiger partial charge in [0.25, 0.3) is 0 Å². The second-order valence-corrected chi connectivity index (χ2v) is 3.10. The first kappa shape index (κ1) is 13.4. The van der Waals surface area contributed by atoms with Crippen LogP contribution in [0, 0.1) is 0 Å². The van der Waals surface area contributed by atoms with Gasteiger partial charge in [-0.2, -0.15) is 0 Å². The largest absolute Gasteiger partial charge is 0.380 e. The lowest BCUT2D eigenvalue weighted by Crippen LogP contribution is -2.35. The summed E-state index contributed by atoms with van der Waals surface area (Å²) >= 11 is 0. The van der Waals surface area contributed by atoms with E-state index in [1.165, 1.54) is 0 Å². The van der Waals surface area contributed by atoms with E-state index in [0.29, 0.717) is 19.7 Å². The third-order valence-electron chi connectivity index (χ3n) is 1.75. The van der Waals surface area contributed by atoms with E-state index in [1.807, 2.05) is 6.92 Å². The van der Waals surface area contributed by atoms with Crippen molar-refractivity contribution in [1.82, 2.24) is 10.6 Å². The molecular weight excluding hydrogens is 180 g/mol. The Morgan fingerprint density at radius 2 is 2.07 bits per heavy atom. The zero-order chi connectivity index (χ0) is 10.6. The van der Waals surface area contributed by atoms with Crippen molar-refractivity contribution in [3.05, 3.63) is 0 Å². The molecule has 0 saturated heterocycles. The molecule has 1 amide bonds. The molecular formula is C10H22N2O2. The molecule has 0 aromatic carbocycles. The van der Waals surface area contributed by atoms with Crippen LogP contribution in [0.25, 0.3) is 0 Å². The standard InChI is InChI=1S/C10H22N2O2/c1-3-5-7-14-8-6-12-10(13)9-11-4-2/h11H,3-9H2,1-2H3,(H,12,13). The Hall–Kier alpha value is -0.610. The molecule has 0 aromatic rings. The average molecular weight is 202 g/mol. The number of carbonyl (C=O) groups excluding carboxylic acids is 1. The summed E-state index contributed by atoms with van der Waals surface area (Å²) in [6.07, 6.45) is 2.23. The summed E-state index contributed by atoms with van der Waals surface area (Å²) in [5.41, 5.74) is 0. The van der Waals surface area contributed by atoms with Crippen LogP contribution in [0.15, 0.2) is 0 Å². The van der Waals surface area contributed by atoms with Gasteiger partial charge in [0.1, 0.15) is 0 Å². The predicted octanol–water partition coefficient (Wildman–Crippen LogP) is 0.529. The second kappa shape index (κ2) is 10.5. The van der Waals surface area contributed by atoms with Crippen LogP contribution in [0.1, 0.15) is 26.7 Å². The van der Waals surface area contributed by atoms with E-state index in [0.717, 1.165) is 26.0 Å². The minimum atomic E-state index is 0.0333. The minimum Gasteiger partial charge on any atom is -0.380 e. The Kier molecular flexibility index (Phi) is 10.0. The summed E-state index contributed by atoms with van der Waals surface area (Å²) in [7, 11) is 0. The third kappa shape index (κ3) is 9.48. The van der Waals surface area contributed by atoms with Gasteiger partial charge in [-0.25, -0.2) is 0 Å². The number of unbranched alkanes of at least 4 members (excludes halogenated alkanes) is 1. The van der Waals surface area contributed by atoms with Crippen LogP contribution in [0.5, 0.6) is 0 Å². The number of hydrogen-bond acceptors (Lipinski definition) is 3. The van der Waals surface area contributed by atoms with Gasteiger partial charge in [0.15, 0.2) is 0 Å². The van der Waals surface area contributed by atoms with E-state index >= 15 is 0 Å². The van der Waals surface area contributed by atoms with Crippen molar-refractivity contribution < 1.29 is 9.53 Å². The summed E-state index contributed by atoms with van der Waals surface area (Å²) in [4.78, 5) is 11.1. The molecule has 84 valence electrons. The molecule has 14 heavy (non-hydrogen) atoms. The van der Waals surface area contributed by atoms with Gasteiger partial charge >= 0.3 is 0 Å². The normalized spacial score (nSPS) is 10.1. The number of ether oxygens (including phenoxy) is 1. The molecule has 0 unspecified atom stereocenters. The fraction of sp³-hybridized carbons (Fsp3) is 0.900. The van der Waals surface area contributed by atoms with Crippen LogP contribution in [0.3, 0.4) is 0 Å². The Labute approximate surface area is 86.4 Å². The topological polar surface area (TPSA) is 50.4 Å². The molecule has 0 aliphatic rings. The van der Waals surface area contributed by atoms with E-state index in [2.05, 4.69) is 17.6 Å². The number of amides is 1. The molecule has 0 heterocycles. The molecule has 0 radical (unpaired) electrons. The van der Waals surface area contributed by atoms with E-state index in [4.69, 9.17) is 4.74 Å². The fourth-order valence-corrected chi connectivity index (χ4v) is 0.912. The predicted molar refractivity (Wildman–Crippen MR) is 57.3 cm³/mol. The summed E-state index contributed by atoms with van der Waals surface area (Å²) in [6.45, 7) is 7.32. The molecule has 0 rings (SSSR count). The molecule has 0 bridgehead atoms. The molecule has 0 aliphatic carbocycles. The van der Waals surface area contributed by atoms with Gasteiger partial charge in [-0.05, 0) is 13.0 Å². The molecule has 0 fully saturated rings. The smallest absolute Gasteiger partial charge is 0.234 e. The van der Waals surface area contributed by atoms with Crippen LogP contribution in [-0.2, 0) is 9.53 Å². The van der Waals surface area contributed by atoms with Gasteiger partial charge in [-0.1, -0.05) is 20.3 Å². The van der Waals surface area contributed by atoms with Crippen LogP contribution < -0.4 is 10.6 Å². The molecule has 0 saturated carbocycles. The Bertz CT molecular complexity index is 140. The molecule has 2 N–H and O–H groups in total. The molecule has 0 spiro atoms. The van der Waals surface area contributed by atoms with Gasteiger partial charge in [-0.15, -0.1) is 0 Å². The van der Waals surface area contributed by atoms with Crippen LogP contribution in [-0.4, -0.2) is 38.8 Å². The highest BCUT2D eigenvalue weighted by Gasteiger charge is 1.97. The van der Waals surface area contributed by atoms with Gasteiger partial charge in [0.2, 0.25) is 5.91 Å². The van der Waals surface area contributed by atoms with Crippen LogP contribution >= 0.6 is 0 Å². The van der Waals surface area contributed by atoms with E-state index < -0.39 is 0 Å². The maximum Gasteiger partial charge on any atom is 0.234 e. The minimum absolute atomic E-state index is 0.0333. The first-order valence-corrected chi connectivity index (χ1v) is 5.36. The highest BCUT2D eigenvalue weighted by atomic mass is 16.5. The first-order valence-electron chi connectivity index (χ1n) is 5.36. The summed E-state index contributed by atoms with van der Waals surface area (Å²) in [5, 5.41) is 5.72. The van der Waals surface area contributed by atoms with Crippen molar-refractivity contribution >= 4 is 5.91 Å². The Balaban J connectivity index is 3.07. The van der Waals surface area contributed by atoms with Gasteiger partial charge in [-0.3, -0.25) is 4.79 Å². The summed E-state index contributed by atoms with van der Waals surface area (Å²) in [5.74, 6) is 0.0333. The van der Waals surface area contributed by atoms with E-state index in [9.17, 15) is 4.79 Å². The van der Waals surface area contributed by atoms with Crippen molar-refractivity contribution in [3.63, 3.8) is 0 Å². The van der Waals surface area contributed by atoms with Crippen LogP contribution in [0.2, 0.25) is 0 Å². The van der Waals surface area contributed by atoms with Crippen molar-refractivity contribution in [2.45, 2.75) is 26.7 Å². The average Bonchev–Trinajstić information content (AvgIpc) is 2.20. The number of hydrogen-bond donors (Lipinski definition) is 2. The lowest BCUT2D eigenvalue weighted by Gasteiger charge is -2.06. The summed E-state index contributed by atoms with van der Waals surface area (Å²) in [6, 6.07) is 0. The lowest BCUT2D eigenvalue weighted by atomic mass is 10.4. The van der Waals surface area contributed by atoms with E-state index in [1.54, 1.807) is 0 Å². The zero-order valence-corrected chi connectivity index (χ0v) is 9.27. The van der Waals surface area contributed by atoms with E-state index in [-0.39, 0.29) is 5.91 Å². The first-order chi connectivity index (χ1) is 6.81. The number of rotatable bonds is 9.